The summed E-state index contributed by atoms with van der Waals surface area (Å²) in [6, 6.07) is 9.81. The van der Waals surface area contributed by atoms with Crippen molar-refractivity contribution >= 4 is 11.6 Å². The summed E-state index contributed by atoms with van der Waals surface area (Å²) in [6.45, 7) is 4.86. The van der Waals surface area contributed by atoms with Gasteiger partial charge >= 0.3 is 0 Å². The van der Waals surface area contributed by atoms with Crippen molar-refractivity contribution in [2.75, 3.05) is 0 Å². The topological polar surface area (TPSA) is 12.0 Å². The van der Waals surface area contributed by atoms with E-state index in [9.17, 15) is 0 Å². The average molecular weight is 292 g/mol. The molecule has 2 aliphatic carbocycles. The summed E-state index contributed by atoms with van der Waals surface area (Å²) < 4.78 is 0. The van der Waals surface area contributed by atoms with Gasteiger partial charge in [-0.1, -0.05) is 50.4 Å². The minimum absolute atomic E-state index is 0.472. The Labute approximate surface area is 128 Å². The Hall–Kier alpha value is -0.530. The molecule has 1 aromatic carbocycles. The standard InChI is InChI=1S/C18H26ClN/c1-18(2)9-4-3-8-17(18)20-16-11-14(12-16)13-6-5-7-15(19)10-13/h5-7,10,14,16-17,20H,3-4,8-9,11-12H2,1-2H3. The van der Waals surface area contributed by atoms with Gasteiger partial charge in [0.05, 0.1) is 0 Å². The molecule has 2 fully saturated rings. The van der Waals surface area contributed by atoms with E-state index in [1.54, 1.807) is 0 Å². The van der Waals surface area contributed by atoms with Crippen molar-refractivity contribution in [1.29, 1.82) is 0 Å². The molecular formula is C18H26ClN. The lowest BCUT2D eigenvalue weighted by atomic mass is 9.70. The molecule has 3 rings (SSSR count). The molecule has 2 heteroatoms. The predicted octanol–water partition coefficient (Wildman–Crippen LogP) is 5.14. The quantitative estimate of drug-likeness (QED) is 0.812. The van der Waals surface area contributed by atoms with Crippen LogP contribution in [0, 0.1) is 5.41 Å². The third-order valence-electron chi connectivity index (χ3n) is 5.40. The summed E-state index contributed by atoms with van der Waals surface area (Å²) in [7, 11) is 0. The average Bonchev–Trinajstić information content (AvgIpc) is 2.34. The van der Waals surface area contributed by atoms with Gasteiger partial charge in [0, 0.05) is 17.1 Å². The van der Waals surface area contributed by atoms with Crippen LogP contribution in [0.2, 0.25) is 5.02 Å². The molecule has 0 bridgehead atoms. The molecule has 0 heterocycles. The molecule has 1 aromatic rings. The minimum Gasteiger partial charge on any atom is -0.311 e. The van der Waals surface area contributed by atoms with Gasteiger partial charge in [0.15, 0.2) is 0 Å². The zero-order valence-electron chi connectivity index (χ0n) is 12.7. The van der Waals surface area contributed by atoms with E-state index in [0.717, 1.165) is 5.02 Å². The highest BCUT2D eigenvalue weighted by atomic mass is 35.5. The first kappa shape index (κ1) is 14.4. The van der Waals surface area contributed by atoms with Crippen LogP contribution in [-0.4, -0.2) is 12.1 Å². The molecule has 1 unspecified atom stereocenters. The molecule has 0 aromatic heterocycles. The van der Waals surface area contributed by atoms with Gasteiger partial charge in [-0.3, -0.25) is 0 Å². The van der Waals surface area contributed by atoms with E-state index in [4.69, 9.17) is 11.6 Å². The van der Waals surface area contributed by atoms with Gasteiger partial charge in [-0.15, -0.1) is 0 Å². The first-order chi connectivity index (χ1) is 9.54. The normalized spacial score (nSPS) is 32.6. The smallest absolute Gasteiger partial charge is 0.0408 e. The highest BCUT2D eigenvalue weighted by molar-refractivity contribution is 6.30. The largest absolute Gasteiger partial charge is 0.311 e. The molecule has 0 saturated heterocycles. The summed E-state index contributed by atoms with van der Waals surface area (Å²) >= 11 is 6.08. The van der Waals surface area contributed by atoms with Crippen molar-refractivity contribution < 1.29 is 0 Å². The monoisotopic (exact) mass is 291 g/mol. The fraction of sp³-hybridized carbons (Fsp3) is 0.667. The van der Waals surface area contributed by atoms with Crippen molar-refractivity contribution in [3.8, 4) is 0 Å². The van der Waals surface area contributed by atoms with Crippen molar-refractivity contribution in [1.82, 2.24) is 5.32 Å². The van der Waals surface area contributed by atoms with Crippen molar-refractivity contribution in [2.24, 2.45) is 5.41 Å². The van der Waals surface area contributed by atoms with Crippen molar-refractivity contribution in [2.45, 2.75) is 70.4 Å². The number of nitrogens with one attached hydrogen (secondary N) is 1. The van der Waals surface area contributed by atoms with E-state index in [1.807, 2.05) is 6.07 Å². The van der Waals surface area contributed by atoms with E-state index in [-0.39, 0.29) is 0 Å². The van der Waals surface area contributed by atoms with E-state index in [0.29, 0.717) is 23.4 Å². The Bertz CT molecular complexity index is 462. The third kappa shape index (κ3) is 3.04. The van der Waals surface area contributed by atoms with Gasteiger partial charge in [-0.2, -0.15) is 0 Å². The molecule has 110 valence electrons. The molecule has 0 amide bonds. The van der Waals surface area contributed by atoms with Gasteiger partial charge in [-0.25, -0.2) is 0 Å². The van der Waals surface area contributed by atoms with Crippen LogP contribution in [0.5, 0.6) is 0 Å². The van der Waals surface area contributed by atoms with Gasteiger partial charge in [0.2, 0.25) is 0 Å². The molecule has 20 heavy (non-hydrogen) atoms. The molecule has 1 nitrogen and oxygen atoms in total. The fourth-order valence-corrected chi connectivity index (χ4v) is 4.07. The summed E-state index contributed by atoms with van der Waals surface area (Å²) in [5.41, 5.74) is 1.89. The third-order valence-corrected chi connectivity index (χ3v) is 5.64. The van der Waals surface area contributed by atoms with Crippen LogP contribution in [0.25, 0.3) is 0 Å². The van der Waals surface area contributed by atoms with Gasteiger partial charge in [-0.05, 0) is 54.7 Å². The van der Waals surface area contributed by atoms with Gasteiger partial charge in [0.1, 0.15) is 0 Å². The van der Waals surface area contributed by atoms with E-state index in [1.165, 1.54) is 44.1 Å². The SMILES string of the molecule is CC1(C)CCCCC1NC1CC(c2cccc(Cl)c2)C1. The number of benzene rings is 1. The van der Waals surface area contributed by atoms with Crippen LogP contribution in [0.15, 0.2) is 24.3 Å². The Morgan fingerprint density at radius 3 is 2.70 bits per heavy atom. The Morgan fingerprint density at radius 2 is 2.00 bits per heavy atom. The van der Waals surface area contributed by atoms with Crippen molar-refractivity contribution in [3.63, 3.8) is 0 Å². The molecule has 0 radical (unpaired) electrons. The summed E-state index contributed by atoms with van der Waals surface area (Å²) in [5, 5.41) is 4.79. The number of halogens is 1. The maximum absolute atomic E-state index is 6.08. The Kier molecular flexibility index (Phi) is 4.10. The maximum atomic E-state index is 6.08. The molecule has 0 aliphatic heterocycles. The fourth-order valence-electron chi connectivity index (χ4n) is 3.87. The summed E-state index contributed by atoms with van der Waals surface area (Å²) in [6.07, 6.45) is 8.06. The minimum atomic E-state index is 0.472. The molecule has 0 spiro atoms. The van der Waals surface area contributed by atoms with Crippen LogP contribution < -0.4 is 5.32 Å². The first-order valence-electron chi connectivity index (χ1n) is 8.06. The van der Waals surface area contributed by atoms with E-state index in [2.05, 4.69) is 37.4 Å². The molecule has 1 N–H and O–H groups in total. The lowest BCUT2D eigenvalue weighted by molar-refractivity contribution is 0.130. The van der Waals surface area contributed by atoms with Crippen LogP contribution >= 0.6 is 11.6 Å². The maximum Gasteiger partial charge on any atom is 0.0408 e. The molecule has 2 aliphatic rings. The lowest BCUT2D eigenvalue weighted by Crippen LogP contribution is -2.52. The van der Waals surface area contributed by atoms with Crippen molar-refractivity contribution in [3.05, 3.63) is 34.9 Å². The summed E-state index contributed by atoms with van der Waals surface area (Å²) in [5.74, 6) is 0.706. The van der Waals surface area contributed by atoms with Crippen LogP contribution in [0.4, 0.5) is 0 Å². The number of hydrogen-bond donors (Lipinski definition) is 1. The zero-order chi connectivity index (χ0) is 14.2. The zero-order valence-corrected chi connectivity index (χ0v) is 13.4. The number of hydrogen-bond acceptors (Lipinski definition) is 1. The van der Waals surface area contributed by atoms with Gasteiger partial charge in [0.25, 0.3) is 0 Å². The Morgan fingerprint density at radius 1 is 1.20 bits per heavy atom. The number of rotatable bonds is 3. The second-order valence-corrected chi connectivity index (χ2v) is 7.81. The second kappa shape index (κ2) is 5.69. The van der Waals surface area contributed by atoms with E-state index < -0.39 is 0 Å². The van der Waals surface area contributed by atoms with Crippen LogP contribution in [-0.2, 0) is 0 Å². The molecule has 1 atom stereocenters. The van der Waals surface area contributed by atoms with E-state index >= 15 is 0 Å². The highest BCUT2D eigenvalue weighted by Gasteiger charge is 2.37. The van der Waals surface area contributed by atoms with Crippen LogP contribution in [0.3, 0.4) is 0 Å². The molecule has 2 saturated carbocycles. The van der Waals surface area contributed by atoms with Crippen LogP contribution in [0.1, 0.15) is 63.9 Å². The highest BCUT2D eigenvalue weighted by Crippen LogP contribution is 2.41. The summed E-state index contributed by atoms with van der Waals surface area (Å²) in [4.78, 5) is 0. The van der Waals surface area contributed by atoms with Gasteiger partial charge < -0.3 is 5.32 Å². The Balaban J connectivity index is 1.53. The lowest BCUT2D eigenvalue weighted by Gasteiger charge is -2.45. The first-order valence-corrected chi connectivity index (χ1v) is 8.44. The molecular weight excluding hydrogens is 266 g/mol. The second-order valence-electron chi connectivity index (χ2n) is 7.37. The predicted molar refractivity (Wildman–Crippen MR) is 86.4 cm³/mol.